The van der Waals surface area contributed by atoms with Crippen LogP contribution in [0.2, 0.25) is 0 Å². The van der Waals surface area contributed by atoms with Gasteiger partial charge in [0.25, 0.3) is 20.2 Å². The van der Waals surface area contributed by atoms with Gasteiger partial charge in [0.15, 0.2) is 11.6 Å². The minimum absolute atomic E-state index is 0.0105. The Morgan fingerprint density at radius 2 is 1.49 bits per heavy atom. The van der Waals surface area contributed by atoms with Crippen molar-refractivity contribution in [2.75, 3.05) is 11.1 Å². The van der Waals surface area contributed by atoms with E-state index in [0.29, 0.717) is 5.56 Å². The Balaban J connectivity index is 2.06. The van der Waals surface area contributed by atoms with Crippen LogP contribution in [-0.2, 0) is 26.8 Å². The number of nitrogens with two attached hydrogens (primary N) is 2. The zero-order chi connectivity index (χ0) is 25.9. The van der Waals surface area contributed by atoms with E-state index in [-0.39, 0.29) is 34.5 Å². The molecule has 0 bridgehead atoms. The summed E-state index contributed by atoms with van der Waals surface area (Å²) in [6.07, 6.45) is 0. The smallest absolute Gasteiger partial charge is 0.298 e. The largest absolute Gasteiger partial charge is 0.397 e. The molecule has 0 unspecified atom stereocenters. The van der Waals surface area contributed by atoms with Crippen molar-refractivity contribution in [1.82, 2.24) is 0 Å². The Labute approximate surface area is 200 Å². The fourth-order valence-corrected chi connectivity index (χ4v) is 5.65. The number of aryl methyl sites for hydroxylation is 1. The van der Waals surface area contributed by atoms with Gasteiger partial charge in [0.2, 0.25) is 0 Å². The van der Waals surface area contributed by atoms with Crippen LogP contribution < -0.4 is 16.8 Å². The molecular formula is C22H19N3O8S2. The number of anilines is 3. The number of hydrogen-bond donors (Lipinski definition) is 5. The maximum absolute atomic E-state index is 13.2. The molecule has 0 spiro atoms. The van der Waals surface area contributed by atoms with E-state index < -0.39 is 58.5 Å². The lowest BCUT2D eigenvalue weighted by molar-refractivity contribution is 0.0979. The zero-order valence-electron chi connectivity index (χ0n) is 18.1. The summed E-state index contributed by atoms with van der Waals surface area (Å²) in [5, 5.41) is 2.55. The Morgan fingerprint density at radius 3 is 2.03 bits per heavy atom. The number of ketones is 2. The molecule has 11 nitrogen and oxygen atoms in total. The molecule has 0 aliphatic heterocycles. The second-order valence-corrected chi connectivity index (χ2v) is 10.6. The number of fused-ring (bicyclic) bond motifs is 2. The van der Waals surface area contributed by atoms with Gasteiger partial charge in [-0.25, -0.2) is 0 Å². The van der Waals surface area contributed by atoms with Gasteiger partial charge in [0.05, 0.1) is 22.6 Å². The Hall–Kier alpha value is -3.62. The van der Waals surface area contributed by atoms with E-state index in [0.717, 1.165) is 12.1 Å². The Bertz CT molecular complexity index is 1660. The molecule has 0 radical (unpaired) electrons. The van der Waals surface area contributed by atoms with Crippen LogP contribution in [0.5, 0.6) is 0 Å². The van der Waals surface area contributed by atoms with E-state index in [1.807, 2.05) is 0 Å². The second-order valence-electron chi connectivity index (χ2n) is 7.87. The van der Waals surface area contributed by atoms with E-state index >= 15 is 0 Å². The van der Waals surface area contributed by atoms with Crippen LogP contribution in [0, 0.1) is 6.92 Å². The number of rotatable bonds is 5. The molecule has 7 N–H and O–H groups in total. The van der Waals surface area contributed by atoms with E-state index in [2.05, 4.69) is 5.32 Å². The first-order valence-electron chi connectivity index (χ1n) is 9.96. The molecule has 1 aliphatic rings. The molecule has 13 heteroatoms. The maximum Gasteiger partial charge on any atom is 0.298 e. The first-order valence-corrected chi connectivity index (χ1v) is 12.8. The summed E-state index contributed by atoms with van der Waals surface area (Å²) in [4.78, 5) is 24.7. The molecule has 182 valence electrons. The van der Waals surface area contributed by atoms with Gasteiger partial charge in [-0.3, -0.25) is 18.7 Å². The number of hydrogen-bond acceptors (Lipinski definition) is 9. The molecule has 0 amide bonds. The molecule has 0 saturated heterocycles. The number of benzene rings is 3. The monoisotopic (exact) mass is 517 g/mol. The summed E-state index contributed by atoms with van der Waals surface area (Å²) in [5.74, 6) is -1.36. The molecule has 0 fully saturated rings. The van der Waals surface area contributed by atoms with Crippen molar-refractivity contribution < 1.29 is 35.5 Å². The molecular weight excluding hydrogens is 498 g/mol. The molecule has 3 aromatic rings. The molecule has 4 rings (SSSR count). The van der Waals surface area contributed by atoms with Gasteiger partial charge in [-0.05, 0) is 30.2 Å². The lowest BCUT2D eigenvalue weighted by atomic mass is 9.83. The van der Waals surface area contributed by atoms with E-state index in [9.17, 15) is 35.5 Å². The Kier molecular flexibility index (Phi) is 5.78. The average molecular weight is 518 g/mol. The van der Waals surface area contributed by atoms with Crippen LogP contribution in [0.3, 0.4) is 0 Å². The first kappa shape index (κ1) is 24.5. The van der Waals surface area contributed by atoms with Crippen molar-refractivity contribution in [3.8, 4) is 0 Å². The molecule has 3 aromatic carbocycles. The topological polar surface area (TPSA) is 207 Å². The molecule has 0 heterocycles. The predicted molar refractivity (Wildman–Crippen MR) is 126 cm³/mol. The zero-order valence-corrected chi connectivity index (χ0v) is 19.7. The van der Waals surface area contributed by atoms with Gasteiger partial charge < -0.3 is 16.8 Å². The third-order valence-corrected chi connectivity index (χ3v) is 7.38. The molecule has 0 aromatic heterocycles. The lowest BCUT2D eigenvalue weighted by Crippen LogP contribution is -2.24. The van der Waals surface area contributed by atoms with Crippen molar-refractivity contribution in [3.05, 3.63) is 75.8 Å². The fraction of sp³-hybridized carbons (Fsp3) is 0.0909. The lowest BCUT2D eigenvalue weighted by Gasteiger charge is -2.23. The third-order valence-electron chi connectivity index (χ3n) is 5.55. The molecule has 1 aliphatic carbocycles. The summed E-state index contributed by atoms with van der Waals surface area (Å²) in [6.45, 7) is 1.33. The van der Waals surface area contributed by atoms with Crippen molar-refractivity contribution in [2.45, 2.75) is 23.3 Å². The van der Waals surface area contributed by atoms with E-state index in [4.69, 9.17) is 11.5 Å². The Morgan fingerprint density at radius 1 is 0.886 bits per heavy atom. The first-order chi connectivity index (χ1) is 16.3. The normalized spacial score (nSPS) is 13.4. The number of nitrogen functional groups attached to an aromatic ring is 1. The van der Waals surface area contributed by atoms with Crippen molar-refractivity contribution in [3.63, 3.8) is 0 Å². The highest BCUT2D eigenvalue weighted by Crippen LogP contribution is 2.41. The second kappa shape index (κ2) is 8.25. The van der Waals surface area contributed by atoms with Gasteiger partial charge in [-0.1, -0.05) is 30.3 Å². The van der Waals surface area contributed by atoms with Crippen molar-refractivity contribution in [2.24, 2.45) is 5.73 Å². The van der Waals surface area contributed by atoms with Gasteiger partial charge >= 0.3 is 0 Å². The fourth-order valence-electron chi connectivity index (χ4n) is 4.11. The van der Waals surface area contributed by atoms with Crippen LogP contribution in [-0.4, -0.2) is 37.5 Å². The van der Waals surface area contributed by atoms with Crippen LogP contribution in [0.25, 0.3) is 0 Å². The average Bonchev–Trinajstić information content (AvgIpc) is 2.76. The number of carbonyl (C=O) groups is 2. The van der Waals surface area contributed by atoms with Crippen LogP contribution in [0.15, 0.2) is 52.3 Å². The highest BCUT2D eigenvalue weighted by molar-refractivity contribution is 7.86. The van der Waals surface area contributed by atoms with Gasteiger partial charge in [0.1, 0.15) is 9.79 Å². The predicted octanol–water partition coefficient (Wildman–Crippen LogP) is 2.05. The summed E-state index contributed by atoms with van der Waals surface area (Å²) < 4.78 is 68.5. The third kappa shape index (κ3) is 4.09. The molecule has 0 saturated carbocycles. The highest BCUT2D eigenvalue weighted by atomic mass is 32.2. The van der Waals surface area contributed by atoms with Crippen LogP contribution in [0.4, 0.5) is 17.1 Å². The summed E-state index contributed by atoms with van der Waals surface area (Å²) in [7, 11) is -9.93. The summed E-state index contributed by atoms with van der Waals surface area (Å²) in [6, 6.07) is 9.47. The summed E-state index contributed by atoms with van der Waals surface area (Å²) >= 11 is 0. The van der Waals surface area contributed by atoms with E-state index in [1.54, 1.807) is 13.0 Å². The van der Waals surface area contributed by atoms with Crippen LogP contribution >= 0.6 is 0 Å². The SMILES string of the molecule is Cc1cc(CN)c(Nc2cc3c(c(N)c2S(=O)(=O)O)C(=O)c2ccccc2C3=O)c(S(=O)(=O)O)c1. The minimum atomic E-state index is -5.11. The molecule has 35 heavy (non-hydrogen) atoms. The van der Waals surface area contributed by atoms with Gasteiger partial charge in [0, 0.05) is 23.2 Å². The minimum Gasteiger partial charge on any atom is -0.397 e. The van der Waals surface area contributed by atoms with Crippen molar-refractivity contribution in [1.29, 1.82) is 0 Å². The van der Waals surface area contributed by atoms with E-state index in [1.165, 1.54) is 24.3 Å². The van der Waals surface area contributed by atoms with Gasteiger partial charge in [-0.15, -0.1) is 0 Å². The number of nitrogens with one attached hydrogen (secondary N) is 1. The summed E-state index contributed by atoms with van der Waals surface area (Å²) in [5.41, 5.74) is 10.3. The maximum atomic E-state index is 13.2. The van der Waals surface area contributed by atoms with Crippen molar-refractivity contribution >= 4 is 48.9 Å². The standard InChI is InChI=1S/C22H19N3O8S2/c1-10-6-11(9-23)19(16(7-10)34(28,29)30)25-15-8-14-17(18(24)22(15)35(31,32)33)21(27)13-5-3-2-4-12(13)20(14)26/h2-8,25H,9,23-24H2,1H3,(H,28,29,30)(H,31,32,33). The molecule has 0 atom stereocenters. The van der Waals surface area contributed by atoms with Crippen LogP contribution in [0.1, 0.15) is 43.0 Å². The number of carbonyl (C=O) groups excluding carboxylic acids is 2. The quantitative estimate of drug-likeness (QED) is 0.191. The highest BCUT2D eigenvalue weighted by Gasteiger charge is 2.36. The van der Waals surface area contributed by atoms with Gasteiger partial charge in [-0.2, -0.15) is 16.8 Å².